The summed E-state index contributed by atoms with van der Waals surface area (Å²) in [6, 6.07) is 7.61. The Labute approximate surface area is 85.6 Å². The van der Waals surface area contributed by atoms with Gasteiger partial charge >= 0.3 is 0 Å². The van der Waals surface area contributed by atoms with Crippen molar-refractivity contribution in [3.63, 3.8) is 0 Å². The van der Waals surface area contributed by atoms with Crippen molar-refractivity contribution >= 4 is 11.9 Å². The number of methoxy groups -OCH3 is 1. The molecule has 0 aromatic heterocycles. The number of ether oxygens (including phenoxy) is 1. The lowest BCUT2D eigenvalue weighted by Crippen LogP contribution is -2.05. The first-order chi connectivity index (χ1) is 6.51. The molecule has 14 heavy (non-hydrogen) atoms. The summed E-state index contributed by atoms with van der Waals surface area (Å²) in [6.45, 7) is 6.21. The van der Waals surface area contributed by atoms with Gasteiger partial charge in [-0.3, -0.25) is 4.99 Å². The Balaban J connectivity index is 2.74. The van der Waals surface area contributed by atoms with Crippen LogP contribution in [0, 0.1) is 5.41 Å². The van der Waals surface area contributed by atoms with E-state index < -0.39 is 0 Å². The highest BCUT2D eigenvalue weighted by atomic mass is 16.5. The predicted molar refractivity (Wildman–Crippen MR) is 59.5 cm³/mol. The molecule has 0 N–H and O–H groups in total. The summed E-state index contributed by atoms with van der Waals surface area (Å²) in [5, 5.41) is 0. The largest absolute Gasteiger partial charge is 0.497 e. The van der Waals surface area contributed by atoms with Gasteiger partial charge in [-0.05, 0) is 24.3 Å². The maximum absolute atomic E-state index is 5.05. The topological polar surface area (TPSA) is 21.6 Å². The molecule has 1 radical (unpaired) electrons. The number of rotatable bonds is 2. The normalized spacial score (nSPS) is 12.0. The third kappa shape index (κ3) is 3.60. The lowest BCUT2D eigenvalue weighted by Gasteiger charge is -2.08. The number of nitrogens with zero attached hydrogens (tertiary/aromatic N) is 1. The molecule has 1 aromatic carbocycles. The zero-order valence-corrected chi connectivity index (χ0v) is 9.16. The van der Waals surface area contributed by atoms with Crippen LogP contribution in [0.3, 0.4) is 0 Å². The van der Waals surface area contributed by atoms with E-state index in [1.165, 1.54) is 0 Å². The van der Waals surface area contributed by atoms with Gasteiger partial charge in [-0.25, -0.2) is 0 Å². The van der Waals surface area contributed by atoms with Gasteiger partial charge in [-0.2, -0.15) is 0 Å². The summed E-state index contributed by atoms with van der Waals surface area (Å²) >= 11 is 0. The van der Waals surface area contributed by atoms with Gasteiger partial charge in [0.05, 0.1) is 19.0 Å². The lowest BCUT2D eigenvalue weighted by molar-refractivity contribution is 0.415. The fourth-order valence-corrected chi connectivity index (χ4v) is 0.889. The first kappa shape index (κ1) is 10.8. The second-order valence-corrected chi connectivity index (χ2v) is 4.17. The van der Waals surface area contributed by atoms with Crippen LogP contribution >= 0.6 is 0 Å². The smallest absolute Gasteiger partial charge is 0.119 e. The van der Waals surface area contributed by atoms with Crippen LogP contribution in [-0.4, -0.2) is 13.3 Å². The Hall–Kier alpha value is -1.31. The first-order valence-electron chi connectivity index (χ1n) is 4.63. The molecular formula is C12H16NO. The monoisotopic (exact) mass is 190 g/mol. The van der Waals surface area contributed by atoms with Crippen LogP contribution in [0.2, 0.25) is 0 Å². The summed E-state index contributed by atoms with van der Waals surface area (Å²) < 4.78 is 5.05. The minimum Gasteiger partial charge on any atom is -0.497 e. The van der Waals surface area contributed by atoms with E-state index in [2.05, 4.69) is 32.0 Å². The average Bonchev–Trinajstić information content (AvgIpc) is 2.14. The number of hydrogen-bond acceptors (Lipinski definition) is 2. The van der Waals surface area contributed by atoms with Crippen LogP contribution in [0.5, 0.6) is 5.75 Å². The van der Waals surface area contributed by atoms with Crippen molar-refractivity contribution in [2.24, 2.45) is 10.4 Å². The van der Waals surface area contributed by atoms with Gasteiger partial charge in [0.2, 0.25) is 0 Å². The fourth-order valence-electron chi connectivity index (χ4n) is 0.889. The zero-order valence-electron chi connectivity index (χ0n) is 9.16. The molecule has 2 heteroatoms. The Bertz CT molecular complexity index is 306. The van der Waals surface area contributed by atoms with E-state index in [1.54, 1.807) is 7.11 Å². The standard InChI is InChI=1S/C12H16NO/c1-12(2,3)9-13-10-5-7-11(14-4)8-6-10/h5-8H,1-4H3. The highest BCUT2D eigenvalue weighted by Crippen LogP contribution is 2.19. The second kappa shape index (κ2) is 4.27. The molecule has 0 atom stereocenters. The summed E-state index contributed by atoms with van der Waals surface area (Å²) in [6.07, 6.45) is 3.06. The lowest BCUT2D eigenvalue weighted by atomic mass is 9.99. The molecule has 0 fully saturated rings. The van der Waals surface area contributed by atoms with Crippen molar-refractivity contribution < 1.29 is 4.74 Å². The van der Waals surface area contributed by atoms with Gasteiger partial charge < -0.3 is 4.74 Å². The van der Waals surface area contributed by atoms with Crippen LogP contribution in [-0.2, 0) is 0 Å². The van der Waals surface area contributed by atoms with Gasteiger partial charge in [0.25, 0.3) is 0 Å². The number of aliphatic imine (C=N–C) groups is 1. The highest BCUT2D eigenvalue weighted by molar-refractivity contribution is 5.68. The third-order valence-electron chi connectivity index (χ3n) is 1.59. The average molecular weight is 190 g/mol. The molecule has 1 rings (SSSR count). The molecule has 0 heterocycles. The molecule has 0 aliphatic heterocycles. The van der Waals surface area contributed by atoms with Gasteiger partial charge in [0.1, 0.15) is 5.75 Å². The quantitative estimate of drug-likeness (QED) is 0.655. The van der Waals surface area contributed by atoms with Crippen molar-refractivity contribution in [3.8, 4) is 5.75 Å². The SMILES string of the molecule is COc1ccc(N=[C]C(C)(C)C)cc1. The maximum Gasteiger partial charge on any atom is 0.119 e. The second-order valence-electron chi connectivity index (χ2n) is 4.17. The van der Waals surface area contributed by atoms with Crippen LogP contribution in [0.15, 0.2) is 29.3 Å². The van der Waals surface area contributed by atoms with Gasteiger partial charge in [0, 0.05) is 5.41 Å². The molecule has 0 saturated heterocycles. The Morgan fingerprint density at radius 3 is 2.14 bits per heavy atom. The minimum absolute atomic E-state index is 0.0000717. The van der Waals surface area contributed by atoms with Crippen LogP contribution in [0.25, 0.3) is 0 Å². The van der Waals surface area contributed by atoms with E-state index in [0.29, 0.717) is 0 Å². The summed E-state index contributed by atoms with van der Waals surface area (Å²) in [5.74, 6) is 0.847. The summed E-state index contributed by atoms with van der Waals surface area (Å²) in [5.41, 5.74) is 0.903. The Morgan fingerprint density at radius 2 is 1.71 bits per heavy atom. The van der Waals surface area contributed by atoms with E-state index in [4.69, 9.17) is 4.74 Å². The number of hydrogen-bond donors (Lipinski definition) is 0. The summed E-state index contributed by atoms with van der Waals surface area (Å²) in [7, 11) is 1.65. The van der Waals surface area contributed by atoms with Crippen molar-refractivity contribution in [2.45, 2.75) is 20.8 Å². The van der Waals surface area contributed by atoms with Crippen molar-refractivity contribution in [1.29, 1.82) is 0 Å². The Kier molecular flexibility index (Phi) is 3.28. The van der Waals surface area contributed by atoms with Gasteiger partial charge in [-0.1, -0.05) is 20.8 Å². The van der Waals surface area contributed by atoms with Crippen LogP contribution in [0.1, 0.15) is 20.8 Å². The van der Waals surface area contributed by atoms with E-state index in [9.17, 15) is 0 Å². The van der Waals surface area contributed by atoms with Crippen molar-refractivity contribution in [2.75, 3.05) is 7.11 Å². The van der Waals surface area contributed by atoms with Crippen LogP contribution in [0.4, 0.5) is 5.69 Å². The molecule has 0 aliphatic carbocycles. The fraction of sp³-hybridized carbons (Fsp3) is 0.417. The van der Waals surface area contributed by atoms with Crippen molar-refractivity contribution in [1.82, 2.24) is 0 Å². The van der Waals surface area contributed by atoms with E-state index in [1.807, 2.05) is 24.3 Å². The summed E-state index contributed by atoms with van der Waals surface area (Å²) in [4.78, 5) is 4.25. The Morgan fingerprint density at radius 1 is 1.14 bits per heavy atom. The predicted octanol–water partition coefficient (Wildman–Crippen LogP) is 3.32. The molecule has 0 unspecified atom stereocenters. The molecule has 0 aliphatic rings. The minimum atomic E-state index is -0.0000717. The molecule has 0 spiro atoms. The van der Waals surface area contributed by atoms with Crippen molar-refractivity contribution in [3.05, 3.63) is 24.3 Å². The molecule has 1 aromatic rings. The number of benzene rings is 1. The molecule has 0 amide bonds. The molecular weight excluding hydrogens is 174 g/mol. The highest BCUT2D eigenvalue weighted by Gasteiger charge is 2.05. The zero-order chi connectivity index (χ0) is 10.6. The molecule has 0 saturated carbocycles. The maximum atomic E-state index is 5.05. The van der Waals surface area contributed by atoms with Crippen LogP contribution < -0.4 is 4.74 Å². The van der Waals surface area contributed by atoms with E-state index >= 15 is 0 Å². The van der Waals surface area contributed by atoms with E-state index in [0.717, 1.165) is 11.4 Å². The van der Waals surface area contributed by atoms with Gasteiger partial charge in [0.15, 0.2) is 0 Å². The first-order valence-corrected chi connectivity index (χ1v) is 4.63. The van der Waals surface area contributed by atoms with E-state index in [-0.39, 0.29) is 5.41 Å². The third-order valence-corrected chi connectivity index (χ3v) is 1.59. The van der Waals surface area contributed by atoms with Gasteiger partial charge in [-0.15, -0.1) is 0 Å². The molecule has 0 bridgehead atoms. The molecule has 2 nitrogen and oxygen atoms in total. The molecule has 75 valence electrons.